The number of sulfonamides is 1. The number of ether oxygens (including phenoxy) is 2. The van der Waals surface area contributed by atoms with E-state index in [2.05, 4.69) is 20.0 Å². The van der Waals surface area contributed by atoms with Gasteiger partial charge in [0.05, 0.1) is 30.1 Å². The summed E-state index contributed by atoms with van der Waals surface area (Å²) in [4.78, 5) is 11.3. The van der Waals surface area contributed by atoms with E-state index in [4.69, 9.17) is 9.47 Å². The lowest BCUT2D eigenvalue weighted by atomic mass is 10.2. The molecule has 1 aromatic heterocycles. The van der Waals surface area contributed by atoms with Gasteiger partial charge in [-0.25, -0.2) is 18.4 Å². The summed E-state index contributed by atoms with van der Waals surface area (Å²) in [5.41, 5.74) is 2.50. The predicted molar refractivity (Wildman–Crippen MR) is 150 cm³/mol. The second-order valence-electron chi connectivity index (χ2n) is 8.61. The highest BCUT2D eigenvalue weighted by molar-refractivity contribution is 7.92. The molecule has 4 aromatic rings. The number of nitrogens with one attached hydrogen (secondary N) is 2. The summed E-state index contributed by atoms with van der Waals surface area (Å²) in [6, 6.07) is 19.4. The number of aromatic nitrogens is 2. The maximum absolute atomic E-state index is 13.6. The molecule has 0 spiro atoms. The summed E-state index contributed by atoms with van der Waals surface area (Å²) in [5.74, 6) is 1.42. The van der Waals surface area contributed by atoms with Crippen molar-refractivity contribution in [2.24, 2.45) is 0 Å². The molecule has 0 radical (unpaired) electrons. The first-order valence-electron chi connectivity index (χ1n) is 11.9. The van der Waals surface area contributed by atoms with E-state index in [1.165, 1.54) is 0 Å². The van der Waals surface area contributed by atoms with E-state index in [-0.39, 0.29) is 22.6 Å². The Bertz CT molecular complexity index is 1630. The van der Waals surface area contributed by atoms with Crippen molar-refractivity contribution in [3.63, 3.8) is 0 Å². The van der Waals surface area contributed by atoms with Crippen LogP contribution in [0.1, 0.15) is 6.92 Å². The van der Waals surface area contributed by atoms with E-state index in [0.29, 0.717) is 28.2 Å². The van der Waals surface area contributed by atoms with Gasteiger partial charge >= 0.3 is 0 Å². The molecule has 3 aromatic carbocycles. The van der Waals surface area contributed by atoms with Crippen LogP contribution in [0.2, 0.25) is 0 Å². The van der Waals surface area contributed by atoms with Crippen molar-refractivity contribution in [2.45, 2.75) is 17.9 Å². The molecular weight excluding hydrogens is 502 g/mol. The molecule has 194 valence electrons. The average molecular weight is 530 g/mol. The van der Waals surface area contributed by atoms with Crippen molar-refractivity contribution < 1.29 is 17.9 Å². The Balaban J connectivity index is 1.53. The fourth-order valence-electron chi connectivity index (χ4n) is 4.09. The lowest BCUT2D eigenvalue weighted by Crippen LogP contribution is -2.27. The van der Waals surface area contributed by atoms with Gasteiger partial charge in [-0.1, -0.05) is 30.4 Å². The molecule has 1 atom stereocenters. The molecule has 1 aliphatic heterocycles. The first-order valence-corrected chi connectivity index (χ1v) is 13.4. The molecule has 0 aliphatic carbocycles. The van der Waals surface area contributed by atoms with Crippen LogP contribution in [0.5, 0.6) is 11.5 Å². The lowest BCUT2D eigenvalue weighted by Gasteiger charge is -2.28. The van der Waals surface area contributed by atoms with Gasteiger partial charge in [-0.3, -0.25) is 4.72 Å². The third-order valence-electron chi connectivity index (χ3n) is 6.03. The standard InChI is InChI=1S/C28H27N5O4S/c1-19-9-6-7-14-33(19)21-10-8-11-24(17-21)38(34,35)32-28-27(30-25-12-4-5-13-26(25)31-28)29-20-15-22(36-2)18-23(16-20)37-3/h4-19H,1-3H3,(H,29,30)(H,31,32). The van der Waals surface area contributed by atoms with Gasteiger partial charge in [0.15, 0.2) is 11.6 Å². The molecule has 2 N–H and O–H groups in total. The Hall–Kier alpha value is -4.57. The molecule has 0 saturated carbocycles. The van der Waals surface area contributed by atoms with Crippen LogP contribution in [0.25, 0.3) is 11.0 Å². The molecule has 0 bridgehead atoms. The van der Waals surface area contributed by atoms with Crippen molar-refractivity contribution in [1.29, 1.82) is 0 Å². The van der Waals surface area contributed by atoms with Crippen molar-refractivity contribution in [1.82, 2.24) is 9.97 Å². The zero-order valence-corrected chi connectivity index (χ0v) is 21.9. The van der Waals surface area contributed by atoms with Gasteiger partial charge in [-0.2, -0.15) is 0 Å². The SMILES string of the molecule is COc1cc(Nc2nc3ccccc3nc2NS(=O)(=O)c2cccc(N3C=CC=CC3C)c2)cc(OC)c1. The quantitative estimate of drug-likeness (QED) is 0.310. The van der Waals surface area contributed by atoms with Crippen LogP contribution >= 0.6 is 0 Å². The summed E-state index contributed by atoms with van der Waals surface area (Å²) in [7, 11) is -0.903. The molecule has 38 heavy (non-hydrogen) atoms. The number of para-hydroxylation sites is 2. The van der Waals surface area contributed by atoms with E-state index < -0.39 is 10.0 Å². The Morgan fingerprint density at radius 1 is 0.842 bits per heavy atom. The normalized spacial score (nSPS) is 14.9. The number of fused-ring (bicyclic) bond motifs is 1. The second kappa shape index (κ2) is 10.4. The Kier molecular flexibility index (Phi) is 6.89. The largest absolute Gasteiger partial charge is 0.497 e. The zero-order chi connectivity index (χ0) is 26.7. The molecule has 9 nitrogen and oxygen atoms in total. The van der Waals surface area contributed by atoms with Gasteiger partial charge in [-0.05, 0) is 43.3 Å². The number of methoxy groups -OCH3 is 2. The number of allylic oxidation sites excluding steroid dienone is 2. The van der Waals surface area contributed by atoms with Crippen LogP contribution in [0.4, 0.5) is 23.0 Å². The molecule has 0 saturated heterocycles. The van der Waals surface area contributed by atoms with Crippen molar-refractivity contribution in [3.05, 3.63) is 91.2 Å². The molecule has 0 amide bonds. The number of rotatable bonds is 8. The van der Waals surface area contributed by atoms with E-state index >= 15 is 0 Å². The summed E-state index contributed by atoms with van der Waals surface area (Å²) in [6.07, 6.45) is 7.84. The first-order chi connectivity index (χ1) is 18.4. The number of nitrogens with zero attached hydrogens (tertiary/aromatic N) is 3. The maximum Gasteiger partial charge on any atom is 0.263 e. The number of benzene rings is 3. The van der Waals surface area contributed by atoms with Crippen molar-refractivity contribution in [3.8, 4) is 11.5 Å². The minimum Gasteiger partial charge on any atom is -0.497 e. The minimum atomic E-state index is -4.01. The Morgan fingerprint density at radius 2 is 1.53 bits per heavy atom. The van der Waals surface area contributed by atoms with Gasteiger partial charge in [0.2, 0.25) is 0 Å². The van der Waals surface area contributed by atoms with Crippen LogP contribution in [0, 0.1) is 0 Å². The number of anilines is 4. The van der Waals surface area contributed by atoms with Gasteiger partial charge < -0.3 is 19.7 Å². The summed E-state index contributed by atoms with van der Waals surface area (Å²) in [5, 5.41) is 3.17. The van der Waals surface area contributed by atoms with Crippen molar-refractivity contribution in [2.75, 3.05) is 29.2 Å². The van der Waals surface area contributed by atoms with E-state index in [1.807, 2.05) is 60.5 Å². The molecule has 0 fully saturated rings. The monoisotopic (exact) mass is 529 g/mol. The van der Waals surface area contributed by atoms with Crippen LogP contribution < -0.4 is 24.4 Å². The van der Waals surface area contributed by atoms with Crippen LogP contribution in [-0.2, 0) is 10.0 Å². The topological polar surface area (TPSA) is 106 Å². The fraction of sp³-hybridized carbons (Fsp3) is 0.143. The molecule has 1 unspecified atom stereocenters. The summed E-state index contributed by atoms with van der Waals surface area (Å²) >= 11 is 0. The smallest absolute Gasteiger partial charge is 0.263 e. The van der Waals surface area contributed by atoms with Gasteiger partial charge in [0, 0.05) is 41.8 Å². The first kappa shape index (κ1) is 25.1. The number of hydrogen-bond acceptors (Lipinski definition) is 8. The fourth-order valence-corrected chi connectivity index (χ4v) is 5.14. The van der Waals surface area contributed by atoms with E-state index in [0.717, 1.165) is 5.69 Å². The van der Waals surface area contributed by atoms with Crippen LogP contribution in [0.3, 0.4) is 0 Å². The highest BCUT2D eigenvalue weighted by Gasteiger charge is 2.21. The molecular formula is C28H27N5O4S. The minimum absolute atomic E-state index is 0.0602. The van der Waals surface area contributed by atoms with Crippen LogP contribution in [-0.4, -0.2) is 38.6 Å². The van der Waals surface area contributed by atoms with Gasteiger partial charge in [-0.15, -0.1) is 0 Å². The Morgan fingerprint density at radius 3 is 2.18 bits per heavy atom. The maximum atomic E-state index is 13.6. The van der Waals surface area contributed by atoms with Gasteiger partial charge in [0.25, 0.3) is 10.0 Å². The second-order valence-corrected chi connectivity index (χ2v) is 10.3. The number of hydrogen-bond donors (Lipinski definition) is 2. The van der Waals surface area contributed by atoms with E-state index in [1.54, 1.807) is 56.7 Å². The highest BCUT2D eigenvalue weighted by atomic mass is 32.2. The zero-order valence-electron chi connectivity index (χ0n) is 21.1. The molecule has 2 heterocycles. The van der Waals surface area contributed by atoms with E-state index in [9.17, 15) is 8.42 Å². The third kappa shape index (κ3) is 5.25. The van der Waals surface area contributed by atoms with Crippen LogP contribution in [0.15, 0.2) is 96.1 Å². The molecule has 1 aliphatic rings. The molecule has 10 heteroatoms. The van der Waals surface area contributed by atoms with Gasteiger partial charge in [0.1, 0.15) is 11.5 Å². The molecule has 5 rings (SSSR count). The predicted octanol–water partition coefficient (Wildman–Crippen LogP) is 5.47. The highest BCUT2D eigenvalue weighted by Crippen LogP contribution is 2.32. The summed E-state index contributed by atoms with van der Waals surface area (Å²) in [6.45, 7) is 2.04. The lowest BCUT2D eigenvalue weighted by molar-refractivity contribution is 0.395. The summed E-state index contributed by atoms with van der Waals surface area (Å²) < 4.78 is 40.5. The third-order valence-corrected chi connectivity index (χ3v) is 7.36. The average Bonchev–Trinajstić information content (AvgIpc) is 2.93. The Labute approximate surface area is 221 Å². The van der Waals surface area contributed by atoms with Crippen molar-refractivity contribution >= 4 is 44.1 Å².